The molecular formula is C14H23N3. The molecule has 1 aromatic carbocycles. The van der Waals surface area contributed by atoms with Crippen molar-refractivity contribution in [3.8, 4) is 0 Å². The Morgan fingerprint density at radius 2 is 1.82 bits per heavy atom. The van der Waals surface area contributed by atoms with Crippen molar-refractivity contribution in [1.82, 2.24) is 9.80 Å². The smallest absolute Gasteiger partial charge is 0.0324 e. The highest BCUT2D eigenvalue weighted by Crippen LogP contribution is 2.24. The molecule has 1 heterocycles. The Hall–Kier alpha value is -0.900. The van der Waals surface area contributed by atoms with Crippen molar-refractivity contribution in [3.05, 3.63) is 35.4 Å². The Bertz CT molecular complexity index is 356. The van der Waals surface area contributed by atoms with Crippen LogP contribution in [0.5, 0.6) is 0 Å². The van der Waals surface area contributed by atoms with Gasteiger partial charge in [-0.15, -0.1) is 0 Å². The van der Waals surface area contributed by atoms with Crippen molar-refractivity contribution in [2.75, 3.05) is 33.2 Å². The van der Waals surface area contributed by atoms with Crippen LogP contribution >= 0.6 is 0 Å². The maximum Gasteiger partial charge on any atom is 0.0324 e. The molecule has 1 aliphatic rings. The number of rotatable bonds is 3. The second kappa shape index (κ2) is 5.63. The average molecular weight is 233 g/mol. The van der Waals surface area contributed by atoms with Gasteiger partial charge >= 0.3 is 0 Å². The summed E-state index contributed by atoms with van der Waals surface area (Å²) >= 11 is 0. The molecule has 17 heavy (non-hydrogen) atoms. The standard InChI is InChI=1S/C14H23N3/c1-12(17-9-7-16(2)8-10-17)14-6-4-3-5-13(14)11-15/h3-6,12H,7-11,15H2,1-2H3. The van der Waals surface area contributed by atoms with Crippen LogP contribution in [0, 0.1) is 0 Å². The van der Waals surface area contributed by atoms with Gasteiger partial charge in [0.25, 0.3) is 0 Å². The van der Waals surface area contributed by atoms with E-state index in [0.29, 0.717) is 12.6 Å². The van der Waals surface area contributed by atoms with Gasteiger partial charge in [0.05, 0.1) is 0 Å². The number of nitrogens with two attached hydrogens (primary N) is 1. The fourth-order valence-corrected chi connectivity index (χ4v) is 2.53. The van der Waals surface area contributed by atoms with E-state index in [9.17, 15) is 0 Å². The molecule has 2 N–H and O–H groups in total. The van der Waals surface area contributed by atoms with Gasteiger partial charge in [-0.3, -0.25) is 4.90 Å². The molecule has 0 spiro atoms. The van der Waals surface area contributed by atoms with Crippen LogP contribution in [0.4, 0.5) is 0 Å². The van der Waals surface area contributed by atoms with Crippen molar-refractivity contribution in [2.24, 2.45) is 5.73 Å². The summed E-state index contributed by atoms with van der Waals surface area (Å²) in [6.45, 7) is 7.55. The summed E-state index contributed by atoms with van der Waals surface area (Å²) in [5.41, 5.74) is 8.48. The quantitative estimate of drug-likeness (QED) is 0.858. The first-order valence-electron chi connectivity index (χ1n) is 6.43. The van der Waals surface area contributed by atoms with Gasteiger partial charge in [-0.05, 0) is 25.1 Å². The van der Waals surface area contributed by atoms with Gasteiger partial charge in [-0.1, -0.05) is 24.3 Å². The highest BCUT2D eigenvalue weighted by molar-refractivity contribution is 5.29. The SMILES string of the molecule is CC(c1ccccc1CN)N1CCN(C)CC1. The number of likely N-dealkylation sites (N-methyl/N-ethyl adjacent to an activating group) is 1. The molecule has 1 unspecified atom stereocenters. The van der Waals surface area contributed by atoms with Gasteiger partial charge in [0, 0.05) is 38.8 Å². The molecule has 1 aromatic rings. The Kier molecular flexibility index (Phi) is 4.15. The summed E-state index contributed by atoms with van der Waals surface area (Å²) in [5.74, 6) is 0. The summed E-state index contributed by atoms with van der Waals surface area (Å²) in [4.78, 5) is 4.94. The molecule has 0 radical (unpaired) electrons. The molecule has 0 aromatic heterocycles. The van der Waals surface area contributed by atoms with Gasteiger partial charge in [-0.25, -0.2) is 0 Å². The predicted octanol–water partition coefficient (Wildman–Crippen LogP) is 1.45. The van der Waals surface area contributed by atoms with Gasteiger partial charge in [0.1, 0.15) is 0 Å². The van der Waals surface area contributed by atoms with Gasteiger partial charge in [0.2, 0.25) is 0 Å². The minimum Gasteiger partial charge on any atom is -0.326 e. The van der Waals surface area contributed by atoms with Crippen LogP contribution in [0.25, 0.3) is 0 Å². The van der Waals surface area contributed by atoms with Gasteiger partial charge in [-0.2, -0.15) is 0 Å². The van der Waals surface area contributed by atoms with Gasteiger partial charge in [0.15, 0.2) is 0 Å². The summed E-state index contributed by atoms with van der Waals surface area (Å²) in [7, 11) is 2.19. The third kappa shape index (κ3) is 2.86. The number of hydrogen-bond acceptors (Lipinski definition) is 3. The molecule has 3 nitrogen and oxygen atoms in total. The van der Waals surface area contributed by atoms with Crippen LogP contribution in [0.3, 0.4) is 0 Å². The average Bonchev–Trinajstić information content (AvgIpc) is 2.39. The third-order valence-corrected chi connectivity index (χ3v) is 3.81. The summed E-state index contributed by atoms with van der Waals surface area (Å²) < 4.78 is 0. The Morgan fingerprint density at radius 1 is 1.18 bits per heavy atom. The topological polar surface area (TPSA) is 32.5 Å². The lowest BCUT2D eigenvalue weighted by atomic mass is 10.00. The molecule has 3 heteroatoms. The van der Waals surface area contributed by atoms with Crippen LogP contribution in [-0.4, -0.2) is 43.0 Å². The van der Waals surface area contributed by atoms with E-state index in [1.54, 1.807) is 0 Å². The van der Waals surface area contributed by atoms with Crippen molar-refractivity contribution in [3.63, 3.8) is 0 Å². The molecular weight excluding hydrogens is 210 g/mol. The Balaban J connectivity index is 2.10. The van der Waals surface area contributed by atoms with Crippen molar-refractivity contribution >= 4 is 0 Å². The highest BCUT2D eigenvalue weighted by Gasteiger charge is 2.21. The van der Waals surface area contributed by atoms with E-state index in [4.69, 9.17) is 5.73 Å². The van der Waals surface area contributed by atoms with Crippen molar-refractivity contribution in [1.29, 1.82) is 0 Å². The van der Waals surface area contributed by atoms with Crippen molar-refractivity contribution in [2.45, 2.75) is 19.5 Å². The predicted molar refractivity (Wildman–Crippen MR) is 71.8 cm³/mol. The van der Waals surface area contributed by atoms with E-state index in [1.165, 1.54) is 11.1 Å². The largest absolute Gasteiger partial charge is 0.326 e. The highest BCUT2D eigenvalue weighted by atomic mass is 15.3. The normalized spacial score (nSPS) is 20.4. The molecule has 1 aliphatic heterocycles. The molecule has 0 amide bonds. The molecule has 0 aliphatic carbocycles. The van der Waals surface area contributed by atoms with Crippen molar-refractivity contribution < 1.29 is 0 Å². The van der Waals surface area contributed by atoms with Crippen LogP contribution in [0.15, 0.2) is 24.3 Å². The van der Waals surface area contributed by atoms with Gasteiger partial charge < -0.3 is 10.6 Å². The number of nitrogens with zero attached hydrogens (tertiary/aromatic N) is 2. The zero-order valence-corrected chi connectivity index (χ0v) is 10.9. The van der Waals surface area contributed by atoms with E-state index in [2.05, 4.69) is 48.0 Å². The first-order valence-corrected chi connectivity index (χ1v) is 6.43. The van der Waals surface area contributed by atoms with Crippen LogP contribution in [-0.2, 0) is 6.54 Å². The summed E-state index contributed by atoms with van der Waals surface area (Å²) in [5, 5.41) is 0. The number of piperazine rings is 1. The van der Waals surface area contributed by atoms with E-state index in [-0.39, 0.29) is 0 Å². The summed E-state index contributed by atoms with van der Waals surface area (Å²) in [6.07, 6.45) is 0. The maximum atomic E-state index is 5.81. The van der Waals surface area contributed by atoms with E-state index in [0.717, 1.165) is 26.2 Å². The number of hydrogen-bond donors (Lipinski definition) is 1. The minimum atomic E-state index is 0.475. The Labute approximate surface area is 104 Å². The molecule has 94 valence electrons. The second-order valence-electron chi connectivity index (χ2n) is 4.92. The molecule has 2 rings (SSSR count). The lowest BCUT2D eigenvalue weighted by Gasteiger charge is -2.37. The van der Waals surface area contributed by atoms with E-state index >= 15 is 0 Å². The zero-order chi connectivity index (χ0) is 12.3. The van der Waals surface area contributed by atoms with Crippen LogP contribution < -0.4 is 5.73 Å². The van der Waals surface area contributed by atoms with E-state index < -0.39 is 0 Å². The van der Waals surface area contributed by atoms with Crippen LogP contribution in [0.1, 0.15) is 24.1 Å². The summed E-state index contributed by atoms with van der Waals surface area (Å²) in [6, 6.07) is 9.01. The molecule has 0 saturated carbocycles. The molecule has 0 bridgehead atoms. The third-order valence-electron chi connectivity index (χ3n) is 3.81. The fraction of sp³-hybridized carbons (Fsp3) is 0.571. The monoisotopic (exact) mass is 233 g/mol. The lowest BCUT2D eigenvalue weighted by Crippen LogP contribution is -2.45. The Morgan fingerprint density at radius 3 is 2.47 bits per heavy atom. The first-order chi connectivity index (χ1) is 8.22. The molecule has 1 saturated heterocycles. The lowest BCUT2D eigenvalue weighted by molar-refractivity contribution is 0.118. The number of benzene rings is 1. The molecule has 1 fully saturated rings. The second-order valence-corrected chi connectivity index (χ2v) is 4.92. The first kappa shape index (κ1) is 12.6. The van der Waals surface area contributed by atoms with E-state index in [1.807, 2.05) is 0 Å². The molecule has 1 atom stereocenters. The fourth-order valence-electron chi connectivity index (χ4n) is 2.53. The van der Waals surface area contributed by atoms with Crippen LogP contribution in [0.2, 0.25) is 0 Å². The maximum absolute atomic E-state index is 5.81. The zero-order valence-electron chi connectivity index (χ0n) is 10.9. The minimum absolute atomic E-state index is 0.475.